The number of fused-ring (bicyclic) bond motifs is 1. The van der Waals surface area contributed by atoms with Gasteiger partial charge >= 0.3 is 0 Å². The van der Waals surface area contributed by atoms with Crippen LogP contribution in [0.2, 0.25) is 10.0 Å². The summed E-state index contributed by atoms with van der Waals surface area (Å²) >= 11 is 12.5. The summed E-state index contributed by atoms with van der Waals surface area (Å²) in [6.45, 7) is 2.19. The number of amides is 1. The van der Waals surface area contributed by atoms with Gasteiger partial charge in [-0.15, -0.1) is 0 Å². The van der Waals surface area contributed by atoms with Gasteiger partial charge in [0.05, 0.1) is 23.7 Å². The maximum atomic E-state index is 12.4. The van der Waals surface area contributed by atoms with E-state index in [2.05, 4.69) is 15.3 Å². The van der Waals surface area contributed by atoms with Crippen molar-refractivity contribution in [2.24, 2.45) is 7.05 Å². The molecule has 39 heavy (non-hydrogen) atoms. The van der Waals surface area contributed by atoms with Crippen LogP contribution in [-0.4, -0.2) is 38.8 Å². The highest BCUT2D eigenvalue weighted by atomic mass is 35.5. The van der Waals surface area contributed by atoms with Gasteiger partial charge in [-0.25, -0.2) is 9.97 Å². The fourth-order valence-electron chi connectivity index (χ4n) is 4.64. The molecule has 0 fully saturated rings. The van der Waals surface area contributed by atoms with E-state index < -0.39 is 5.60 Å². The van der Waals surface area contributed by atoms with Crippen LogP contribution in [0, 0.1) is 0 Å². The molecule has 5 aromatic rings. The van der Waals surface area contributed by atoms with E-state index in [-0.39, 0.29) is 12.5 Å². The van der Waals surface area contributed by atoms with E-state index in [0.29, 0.717) is 44.8 Å². The predicted octanol–water partition coefficient (Wildman–Crippen LogP) is 6.20. The third kappa shape index (κ3) is 5.40. The highest BCUT2D eigenvalue weighted by Crippen LogP contribution is 2.40. The van der Waals surface area contributed by atoms with Crippen LogP contribution in [0.1, 0.15) is 23.7 Å². The van der Waals surface area contributed by atoms with E-state index in [1.807, 2.05) is 50.4 Å². The molecular formula is C30H26Cl2N4O3. The maximum absolute atomic E-state index is 12.4. The highest BCUT2D eigenvalue weighted by molar-refractivity contribution is 6.31. The lowest BCUT2D eigenvalue weighted by Crippen LogP contribution is -2.31. The summed E-state index contributed by atoms with van der Waals surface area (Å²) in [7, 11) is 1.83. The molecule has 198 valence electrons. The minimum atomic E-state index is -1.54. The smallest absolute Gasteiger partial charge is 0.251 e. The number of benzene rings is 3. The van der Waals surface area contributed by atoms with Crippen molar-refractivity contribution in [3.63, 3.8) is 0 Å². The molecule has 7 nitrogen and oxygen atoms in total. The van der Waals surface area contributed by atoms with Gasteiger partial charge in [0.1, 0.15) is 12.4 Å². The number of hydrogen-bond donors (Lipinski definition) is 2. The van der Waals surface area contributed by atoms with Crippen molar-refractivity contribution in [1.82, 2.24) is 14.5 Å². The van der Waals surface area contributed by atoms with Crippen LogP contribution in [0.25, 0.3) is 22.0 Å². The number of rotatable bonds is 8. The zero-order valence-corrected chi connectivity index (χ0v) is 22.9. The first-order valence-corrected chi connectivity index (χ1v) is 13.1. The van der Waals surface area contributed by atoms with Crippen molar-refractivity contribution in [2.45, 2.75) is 12.5 Å². The molecule has 0 aliphatic rings. The number of aryl methyl sites for hydroxylation is 1. The number of halogens is 2. The summed E-state index contributed by atoms with van der Waals surface area (Å²) in [6, 6.07) is 21.9. The summed E-state index contributed by atoms with van der Waals surface area (Å²) in [5, 5.41) is 17.1. The molecule has 0 aliphatic carbocycles. The number of nitrogens with one attached hydrogen (secondary N) is 1. The fraction of sp³-hybridized carbons (Fsp3) is 0.167. The zero-order chi connectivity index (χ0) is 27.6. The van der Waals surface area contributed by atoms with Gasteiger partial charge in [0, 0.05) is 29.1 Å². The second kappa shape index (κ2) is 11.2. The van der Waals surface area contributed by atoms with Gasteiger partial charge in [-0.3, -0.25) is 4.79 Å². The second-order valence-electron chi connectivity index (χ2n) is 9.09. The zero-order valence-electron chi connectivity index (χ0n) is 21.4. The van der Waals surface area contributed by atoms with Gasteiger partial charge in [0.2, 0.25) is 0 Å². The number of anilines is 1. The Bertz CT molecular complexity index is 1650. The molecule has 0 spiro atoms. The first kappa shape index (κ1) is 26.8. The Balaban J connectivity index is 1.72. The summed E-state index contributed by atoms with van der Waals surface area (Å²) in [5.74, 6) is 0.0835. The molecule has 1 atom stereocenters. The van der Waals surface area contributed by atoms with E-state index in [0.717, 1.165) is 16.5 Å². The lowest BCUT2D eigenvalue weighted by Gasteiger charge is -2.30. The molecule has 3 aromatic carbocycles. The third-order valence-corrected chi connectivity index (χ3v) is 7.00. The van der Waals surface area contributed by atoms with Crippen molar-refractivity contribution in [3.05, 3.63) is 112 Å². The Kier molecular flexibility index (Phi) is 7.68. The number of pyridine rings is 1. The minimum Gasteiger partial charge on any atom is -0.374 e. The number of carbonyl (C=O) groups excluding carboxylic acids is 1. The fourth-order valence-corrected chi connectivity index (χ4v) is 4.96. The van der Waals surface area contributed by atoms with Crippen molar-refractivity contribution in [1.29, 1.82) is 0 Å². The van der Waals surface area contributed by atoms with Gasteiger partial charge in [0.25, 0.3) is 5.91 Å². The summed E-state index contributed by atoms with van der Waals surface area (Å²) in [5.41, 5.74) is 2.54. The quantitative estimate of drug-likeness (QED) is 0.236. The standard InChI is InChI=1S/C30H26Cl2N4O3/c1-3-39-17-29(37)35-28-15-24(19-5-4-6-23(32)13-19)25-14-21(9-12-26(25)34-28)30(38,27-16-33-18-36(27)2)20-7-10-22(31)11-8-20/h4-16,18,38H,3,17H2,1-2H3,(H,34,35,37). The van der Waals surface area contributed by atoms with Crippen LogP contribution < -0.4 is 5.32 Å². The minimum absolute atomic E-state index is 0.0690. The molecule has 0 radical (unpaired) electrons. The van der Waals surface area contributed by atoms with Crippen molar-refractivity contribution >= 4 is 45.8 Å². The molecule has 2 heterocycles. The van der Waals surface area contributed by atoms with E-state index in [1.54, 1.807) is 53.5 Å². The highest BCUT2D eigenvalue weighted by Gasteiger charge is 2.37. The number of nitrogens with zero attached hydrogens (tertiary/aromatic N) is 3. The average molecular weight is 561 g/mol. The molecule has 1 amide bonds. The lowest BCUT2D eigenvalue weighted by molar-refractivity contribution is -0.120. The van der Waals surface area contributed by atoms with Crippen LogP contribution in [0.5, 0.6) is 0 Å². The molecule has 5 rings (SSSR count). The van der Waals surface area contributed by atoms with E-state index in [9.17, 15) is 9.90 Å². The molecule has 0 saturated carbocycles. The SMILES string of the molecule is CCOCC(=O)Nc1cc(-c2cccc(Cl)c2)c2cc(C(O)(c3ccc(Cl)cc3)c3cncn3C)ccc2n1. The van der Waals surface area contributed by atoms with Crippen LogP contribution >= 0.6 is 23.2 Å². The molecule has 2 aromatic heterocycles. The first-order valence-electron chi connectivity index (χ1n) is 12.3. The Morgan fingerprint density at radius 2 is 1.79 bits per heavy atom. The van der Waals surface area contributed by atoms with Crippen LogP contribution in [0.15, 0.2) is 85.3 Å². The summed E-state index contributed by atoms with van der Waals surface area (Å²) in [4.78, 5) is 21.3. The van der Waals surface area contributed by atoms with Gasteiger partial charge < -0.3 is 19.7 Å². The van der Waals surface area contributed by atoms with Crippen LogP contribution in [0.4, 0.5) is 5.82 Å². The van der Waals surface area contributed by atoms with Crippen molar-refractivity contribution in [2.75, 3.05) is 18.5 Å². The van der Waals surface area contributed by atoms with Gasteiger partial charge in [-0.1, -0.05) is 53.5 Å². The summed E-state index contributed by atoms with van der Waals surface area (Å²) < 4.78 is 7.02. The number of aromatic nitrogens is 3. The van der Waals surface area contributed by atoms with E-state index in [1.165, 1.54) is 0 Å². The molecule has 0 saturated heterocycles. The van der Waals surface area contributed by atoms with Gasteiger partial charge in [-0.05, 0) is 71.6 Å². The van der Waals surface area contributed by atoms with Gasteiger partial charge in [-0.2, -0.15) is 0 Å². The number of carbonyl (C=O) groups is 1. The monoisotopic (exact) mass is 560 g/mol. The number of hydrogen-bond acceptors (Lipinski definition) is 5. The Hall–Kier alpha value is -3.75. The first-order chi connectivity index (χ1) is 18.8. The average Bonchev–Trinajstić information content (AvgIpc) is 3.37. The molecule has 0 aliphatic heterocycles. The Morgan fingerprint density at radius 1 is 1.03 bits per heavy atom. The predicted molar refractivity (Wildman–Crippen MR) is 154 cm³/mol. The maximum Gasteiger partial charge on any atom is 0.251 e. The topological polar surface area (TPSA) is 89.3 Å². The largest absolute Gasteiger partial charge is 0.374 e. The lowest BCUT2D eigenvalue weighted by atomic mass is 9.82. The molecular weight excluding hydrogens is 535 g/mol. The Labute approximate surface area is 236 Å². The molecule has 2 N–H and O–H groups in total. The number of aliphatic hydroxyl groups is 1. The number of ether oxygens (including phenoxy) is 1. The molecule has 9 heteroatoms. The van der Waals surface area contributed by atoms with E-state index >= 15 is 0 Å². The van der Waals surface area contributed by atoms with Crippen LogP contribution in [-0.2, 0) is 22.2 Å². The van der Waals surface area contributed by atoms with E-state index in [4.69, 9.17) is 27.9 Å². The normalized spacial score (nSPS) is 12.8. The van der Waals surface area contributed by atoms with Crippen LogP contribution in [0.3, 0.4) is 0 Å². The molecule has 1 unspecified atom stereocenters. The number of imidazole rings is 1. The molecule has 0 bridgehead atoms. The third-order valence-electron chi connectivity index (χ3n) is 6.52. The Morgan fingerprint density at radius 3 is 2.49 bits per heavy atom. The second-order valence-corrected chi connectivity index (χ2v) is 9.96. The van der Waals surface area contributed by atoms with Gasteiger partial charge in [0.15, 0.2) is 5.60 Å². The van der Waals surface area contributed by atoms with Crippen molar-refractivity contribution < 1.29 is 14.6 Å². The van der Waals surface area contributed by atoms with Crippen molar-refractivity contribution in [3.8, 4) is 11.1 Å². The summed E-state index contributed by atoms with van der Waals surface area (Å²) in [6.07, 6.45) is 3.29.